The van der Waals surface area contributed by atoms with Gasteiger partial charge in [-0.2, -0.15) is 0 Å². The van der Waals surface area contributed by atoms with Crippen LogP contribution in [-0.4, -0.2) is 11.8 Å². The highest BCUT2D eigenvalue weighted by Crippen LogP contribution is 2.52. The maximum Gasteiger partial charge on any atom is 0.340 e. The summed E-state index contributed by atoms with van der Waals surface area (Å²) in [6, 6.07) is 25.2. The number of carbonyl (C=O) groups is 2. The maximum atomic E-state index is 13.8. The Morgan fingerprint density at radius 1 is 0.882 bits per heavy atom. The van der Waals surface area contributed by atoms with Gasteiger partial charge in [0.05, 0.1) is 23.0 Å². The lowest BCUT2D eigenvalue weighted by atomic mass is 9.73. The number of ketones is 1. The average Bonchev–Trinajstić information content (AvgIpc) is 3.07. The number of cyclic esters (lactones) is 1. The van der Waals surface area contributed by atoms with E-state index in [1.807, 2.05) is 72.8 Å². The van der Waals surface area contributed by atoms with Gasteiger partial charge in [-0.05, 0) is 35.6 Å². The minimum Gasteiger partial charge on any atom is -0.433 e. The molecule has 0 radical (unpaired) electrons. The number of esters is 1. The fourth-order valence-electron chi connectivity index (χ4n) is 5.57. The molecule has 2 atom stereocenters. The topological polar surface area (TPSA) is 58.6 Å². The Morgan fingerprint density at radius 3 is 2.41 bits per heavy atom. The largest absolute Gasteiger partial charge is 0.433 e. The Bertz CT molecular complexity index is 1340. The monoisotopic (exact) mass is 450 g/mol. The molecule has 5 nitrogen and oxygen atoms in total. The molecule has 3 aromatic carbocycles. The molecule has 0 unspecified atom stereocenters. The second-order valence-electron chi connectivity index (χ2n) is 10.0. The molecule has 2 aliphatic heterocycles. The van der Waals surface area contributed by atoms with Crippen LogP contribution in [0.5, 0.6) is 0 Å². The second kappa shape index (κ2) is 7.59. The zero-order chi connectivity index (χ0) is 23.4. The Morgan fingerprint density at radius 2 is 1.59 bits per heavy atom. The van der Waals surface area contributed by atoms with Crippen LogP contribution in [-0.2, 0) is 9.53 Å². The lowest BCUT2D eigenvalue weighted by Crippen LogP contribution is -2.38. The van der Waals surface area contributed by atoms with E-state index >= 15 is 0 Å². The van der Waals surface area contributed by atoms with Gasteiger partial charge in [-0.15, -0.1) is 0 Å². The van der Waals surface area contributed by atoms with Gasteiger partial charge in [0, 0.05) is 23.3 Å². The van der Waals surface area contributed by atoms with E-state index in [0.29, 0.717) is 12.0 Å². The molecule has 0 amide bonds. The Kier molecular flexibility index (Phi) is 4.63. The van der Waals surface area contributed by atoms with Crippen molar-refractivity contribution in [2.45, 2.75) is 39.0 Å². The highest BCUT2D eigenvalue weighted by Gasteiger charge is 2.46. The first-order chi connectivity index (χ1) is 16.4. The summed E-state index contributed by atoms with van der Waals surface area (Å²) >= 11 is 0. The number of nitrogens with zero attached hydrogens (tertiary/aromatic N) is 1. The van der Waals surface area contributed by atoms with Crippen molar-refractivity contribution in [3.63, 3.8) is 0 Å². The van der Waals surface area contributed by atoms with E-state index in [9.17, 15) is 9.59 Å². The van der Waals surface area contributed by atoms with Crippen molar-refractivity contribution in [3.05, 3.63) is 107 Å². The number of carbonyl (C=O) groups excluding carboxylic acids is 2. The van der Waals surface area contributed by atoms with Gasteiger partial charge in [-0.3, -0.25) is 4.79 Å². The van der Waals surface area contributed by atoms with E-state index in [1.54, 1.807) is 6.07 Å². The van der Waals surface area contributed by atoms with Crippen molar-refractivity contribution in [2.75, 3.05) is 10.2 Å². The van der Waals surface area contributed by atoms with E-state index in [2.05, 4.69) is 24.1 Å². The number of rotatable bonds is 2. The molecule has 6 rings (SSSR count). The summed E-state index contributed by atoms with van der Waals surface area (Å²) in [6.07, 6.45) is 0.592. The first kappa shape index (κ1) is 20.7. The van der Waals surface area contributed by atoms with Crippen LogP contribution in [0.4, 0.5) is 11.4 Å². The lowest BCUT2D eigenvalue weighted by Gasteiger charge is -2.40. The number of nitrogens with one attached hydrogen (secondary N) is 1. The molecular formula is C29H26N2O3. The molecule has 0 spiro atoms. The molecule has 1 N–H and O–H groups in total. The molecule has 2 heterocycles. The van der Waals surface area contributed by atoms with E-state index in [4.69, 9.17) is 4.74 Å². The molecule has 34 heavy (non-hydrogen) atoms. The van der Waals surface area contributed by atoms with Crippen molar-refractivity contribution in [1.82, 2.24) is 0 Å². The number of ether oxygens (including phenoxy) is 1. The van der Waals surface area contributed by atoms with Crippen LogP contribution in [0.2, 0.25) is 0 Å². The third-order valence-electron chi connectivity index (χ3n) is 6.97. The van der Waals surface area contributed by atoms with Gasteiger partial charge in [0.2, 0.25) is 6.23 Å². The van der Waals surface area contributed by atoms with Crippen molar-refractivity contribution in [3.8, 4) is 0 Å². The predicted octanol–water partition coefficient (Wildman–Crippen LogP) is 6.17. The molecule has 0 bridgehead atoms. The SMILES string of the molecule is CC1(C)CC(=O)C2=C(C1)Nc1ccccc1N([C@@H]1OC(=O)c3ccccc31)[C@H]2c1ccccc1. The second-order valence-corrected chi connectivity index (χ2v) is 10.0. The van der Waals surface area contributed by atoms with Gasteiger partial charge >= 0.3 is 5.97 Å². The summed E-state index contributed by atoms with van der Waals surface area (Å²) in [5.74, 6) is -0.213. The van der Waals surface area contributed by atoms with E-state index in [0.717, 1.165) is 40.2 Å². The predicted molar refractivity (Wildman–Crippen MR) is 131 cm³/mol. The van der Waals surface area contributed by atoms with Gasteiger partial charge in [-0.1, -0.05) is 74.5 Å². The van der Waals surface area contributed by atoms with E-state index in [1.165, 1.54) is 0 Å². The van der Waals surface area contributed by atoms with Crippen LogP contribution < -0.4 is 10.2 Å². The fourth-order valence-corrected chi connectivity index (χ4v) is 5.57. The zero-order valence-corrected chi connectivity index (χ0v) is 19.2. The van der Waals surface area contributed by atoms with E-state index < -0.39 is 12.3 Å². The molecule has 0 saturated heterocycles. The number of hydrogen-bond donors (Lipinski definition) is 1. The molecule has 5 heteroatoms. The minimum absolute atomic E-state index is 0.128. The van der Waals surface area contributed by atoms with Crippen LogP contribution in [0.15, 0.2) is 90.1 Å². The summed E-state index contributed by atoms with van der Waals surface area (Å²) in [4.78, 5) is 28.7. The number of anilines is 2. The molecule has 3 aliphatic rings. The van der Waals surface area contributed by atoms with Crippen LogP contribution >= 0.6 is 0 Å². The third-order valence-corrected chi connectivity index (χ3v) is 6.97. The fraction of sp³-hybridized carbons (Fsp3) is 0.241. The average molecular weight is 451 g/mol. The van der Waals surface area contributed by atoms with E-state index in [-0.39, 0.29) is 17.2 Å². The van der Waals surface area contributed by atoms with Crippen LogP contribution in [0, 0.1) is 5.41 Å². The first-order valence-electron chi connectivity index (χ1n) is 11.7. The maximum absolute atomic E-state index is 13.8. The Labute approximate surface area is 199 Å². The minimum atomic E-state index is -0.647. The Hall–Kier alpha value is -3.86. The van der Waals surface area contributed by atoms with Gasteiger partial charge in [0.15, 0.2) is 5.78 Å². The smallest absolute Gasteiger partial charge is 0.340 e. The van der Waals surface area contributed by atoms with Gasteiger partial charge in [0.25, 0.3) is 0 Å². The number of para-hydroxylation sites is 2. The molecular weight excluding hydrogens is 424 g/mol. The summed E-state index contributed by atoms with van der Waals surface area (Å²) in [7, 11) is 0. The highest BCUT2D eigenvalue weighted by atomic mass is 16.6. The number of Topliss-reactive ketones (excluding diaryl/α,β-unsaturated/α-hetero) is 1. The zero-order valence-electron chi connectivity index (χ0n) is 19.2. The van der Waals surface area contributed by atoms with Gasteiger partial charge < -0.3 is 15.0 Å². The van der Waals surface area contributed by atoms with Crippen molar-refractivity contribution in [1.29, 1.82) is 0 Å². The van der Waals surface area contributed by atoms with Crippen LogP contribution in [0.25, 0.3) is 0 Å². The Balaban J connectivity index is 1.64. The molecule has 3 aromatic rings. The molecule has 0 saturated carbocycles. The van der Waals surface area contributed by atoms with Crippen molar-refractivity contribution >= 4 is 23.1 Å². The van der Waals surface area contributed by atoms with Gasteiger partial charge in [-0.25, -0.2) is 4.79 Å². The summed E-state index contributed by atoms with van der Waals surface area (Å²) in [5, 5.41) is 3.61. The normalized spacial score (nSPS) is 22.8. The number of allylic oxidation sites excluding steroid dienone is 1. The van der Waals surface area contributed by atoms with Gasteiger partial charge in [0.1, 0.15) is 0 Å². The van der Waals surface area contributed by atoms with Crippen molar-refractivity contribution < 1.29 is 14.3 Å². The summed E-state index contributed by atoms with van der Waals surface area (Å²) < 4.78 is 6.02. The number of hydrogen-bond acceptors (Lipinski definition) is 5. The molecule has 170 valence electrons. The summed E-state index contributed by atoms with van der Waals surface area (Å²) in [5.41, 5.74) is 5.73. The first-order valence-corrected chi connectivity index (χ1v) is 11.7. The van der Waals surface area contributed by atoms with Crippen LogP contribution in [0.3, 0.4) is 0 Å². The number of benzene rings is 3. The highest BCUT2D eigenvalue weighted by molar-refractivity contribution is 6.02. The van der Waals surface area contributed by atoms with Crippen molar-refractivity contribution in [2.24, 2.45) is 5.41 Å². The molecule has 0 fully saturated rings. The standard InChI is InChI=1S/C29H26N2O3/c1-29(2)16-22-25(24(32)17-29)26(18-10-4-3-5-11-18)31(23-15-9-8-14-21(23)30-22)27-19-12-6-7-13-20(19)28(33)34-27/h3-15,26-27,30H,16-17H2,1-2H3/t26-,27+/m0/s1. The quantitative estimate of drug-likeness (QED) is 0.473. The lowest BCUT2D eigenvalue weighted by molar-refractivity contribution is -0.118. The molecule has 1 aliphatic carbocycles. The summed E-state index contributed by atoms with van der Waals surface area (Å²) in [6.45, 7) is 4.27. The number of fused-ring (bicyclic) bond motifs is 2. The van der Waals surface area contributed by atoms with Crippen LogP contribution in [0.1, 0.15) is 60.4 Å². The molecule has 0 aromatic heterocycles. The third kappa shape index (κ3) is 3.23.